The van der Waals surface area contributed by atoms with Gasteiger partial charge in [0.05, 0.1) is 0 Å². The van der Waals surface area contributed by atoms with Crippen LogP contribution in [0.3, 0.4) is 0 Å². The van der Waals surface area contributed by atoms with Crippen molar-refractivity contribution in [2.45, 2.75) is 39.5 Å². The summed E-state index contributed by atoms with van der Waals surface area (Å²) < 4.78 is 0. The van der Waals surface area contributed by atoms with Gasteiger partial charge in [-0.05, 0) is 31.8 Å². The molecule has 1 fully saturated rings. The molecule has 1 saturated heterocycles. The molecule has 0 aromatic carbocycles. The maximum atomic E-state index is 12.0. The molecule has 1 amide bonds. The summed E-state index contributed by atoms with van der Waals surface area (Å²) in [5.74, 6) is 0.853. The van der Waals surface area contributed by atoms with E-state index in [0.717, 1.165) is 52.1 Å². The highest BCUT2D eigenvalue weighted by Crippen LogP contribution is 2.11. The molecule has 1 aliphatic rings. The van der Waals surface area contributed by atoms with Crippen molar-refractivity contribution >= 4 is 5.91 Å². The summed E-state index contributed by atoms with van der Waals surface area (Å²) in [5, 5.41) is 0. The average Bonchev–Trinajstić information content (AvgIpc) is 2.39. The second-order valence-corrected chi connectivity index (χ2v) is 5.44. The van der Waals surface area contributed by atoms with Crippen molar-refractivity contribution in [3.05, 3.63) is 0 Å². The van der Waals surface area contributed by atoms with E-state index in [4.69, 9.17) is 5.73 Å². The van der Waals surface area contributed by atoms with Crippen LogP contribution < -0.4 is 5.73 Å². The van der Waals surface area contributed by atoms with E-state index in [1.165, 1.54) is 6.42 Å². The second-order valence-electron chi connectivity index (χ2n) is 5.44. The largest absolute Gasteiger partial charge is 0.340 e. The Balaban J connectivity index is 2.20. The monoisotopic (exact) mass is 255 g/mol. The molecule has 0 radical (unpaired) electrons. The molecule has 2 N–H and O–H groups in total. The highest BCUT2D eigenvalue weighted by Gasteiger charge is 2.21. The van der Waals surface area contributed by atoms with Crippen LogP contribution in [0.25, 0.3) is 0 Å². The fourth-order valence-corrected chi connectivity index (χ4v) is 2.27. The Labute approximate surface area is 111 Å². The normalized spacial score (nSPS) is 18.9. The first-order chi connectivity index (χ1) is 8.67. The molecule has 1 atom stereocenters. The summed E-state index contributed by atoms with van der Waals surface area (Å²) in [5.41, 5.74) is 5.49. The number of amides is 1. The second kappa shape index (κ2) is 8.48. The topological polar surface area (TPSA) is 49.6 Å². The predicted molar refractivity (Wildman–Crippen MR) is 75.4 cm³/mol. The van der Waals surface area contributed by atoms with Crippen LogP contribution in [0.1, 0.15) is 39.5 Å². The van der Waals surface area contributed by atoms with Gasteiger partial charge in [0.15, 0.2) is 0 Å². The summed E-state index contributed by atoms with van der Waals surface area (Å²) in [6, 6.07) is 0. The van der Waals surface area contributed by atoms with Crippen LogP contribution in [-0.2, 0) is 4.79 Å². The van der Waals surface area contributed by atoms with E-state index in [0.29, 0.717) is 18.2 Å². The zero-order valence-electron chi connectivity index (χ0n) is 12.0. The summed E-state index contributed by atoms with van der Waals surface area (Å²) in [4.78, 5) is 16.5. The summed E-state index contributed by atoms with van der Waals surface area (Å²) in [7, 11) is 0. The van der Waals surface area contributed by atoms with Crippen LogP contribution in [0.4, 0.5) is 0 Å². The highest BCUT2D eigenvalue weighted by atomic mass is 16.2. The predicted octanol–water partition coefficient (Wildman–Crippen LogP) is 1.31. The molecule has 1 rings (SSSR count). The van der Waals surface area contributed by atoms with Crippen molar-refractivity contribution in [2.75, 3.05) is 39.3 Å². The number of nitrogens with zero attached hydrogens (tertiary/aromatic N) is 2. The Morgan fingerprint density at radius 3 is 2.44 bits per heavy atom. The third-order valence-electron chi connectivity index (χ3n) is 3.87. The lowest BCUT2D eigenvalue weighted by Gasteiger charge is -2.35. The minimum atomic E-state index is 0.339. The molecule has 1 heterocycles. The van der Waals surface area contributed by atoms with Crippen molar-refractivity contribution in [3.8, 4) is 0 Å². The van der Waals surface area contributed by atoms with E-state index < -0.39 is 0 Å². The van der Waals surface area contributed by atoms with Crippen molar-refractivity contribution < 1.29 is 4.79 Å². The fourth-order valence-electron chi connectivity index (χ4n) is 2.27. The van der Waals surface area contributed by atoms with Gasteiger partial charge in [0.1, 0.15) is 0 Å². The lowest BCUT2D eigenvalue weighted by atomic mass is 10.0. The summed E-state index contributed by atoms with van der Waals surface area (Å²) in [6.07, 6.45) is 4.08. The smallest absolute Gasteiger partial charge is 0.222 e. The quantitative estimate of drug-likeness (QED) is 0.698. The fraction of sp³-hybridized carbons (Fsp3) is 0.929. The molecule has 1 unspecified atom stereocenters. The van der Waals surface area contributed by atoms with E-state index in [2.05, 4.69) is 18.7 Å². The van der Waals surface area contributed by atoms with E-state index in [1.54, 1.807) is 0 Å². The maximum absolute atomic E-state index is 12.0. The van der Waals surface area contributed by atoms with Gasteiger partial charge in [-0.25, -0.2) is 0 Å². The molecular formula is C14H29N3O. The number of unbranched alkanes of at least 4 members (excludes halogenated alkanes) is 1. The van der Waals surface area contributed by atoms with Crippen LogP contribution in [-0.4, -0.2) is 55.0 Å². The van der Waals surface area contributed by atoms with E-state index in [-0.39, 0.29) is 0 Å². The SMILES string of the molecule is CCC(C)CC(=O)N1CCN(CCCCN)CC1. The highest BCUT2D eigenvalue weighted by molar-refractivity contribution is 5.76. The molecular weight excluding hydrogens is 226 g/mol. The van der Waals surface area contributed by atoms with Crippen molar-refractivity contribution in [3.63, 3.8) is 0 Å². The zero-order chi connectivity index (χ0) is 13.4. The van der Waals surface area contributed by atoms with Crippen molar-refractivity contribution in [2.24, 2.45) is 11.7 Å². The van der Waals surface area contributed by atoms with Crippen LogP contribution in [0.5, 0.6) is 0 Å². The number of nitrogens with two attached hydrogens (primary N) is 1. The van der Waals surface area contributed by atoms with Gasteiger partial charge >= 0.3 is 0 Å². The Hall–Kier alpha value is -0.610. The lowest BCUT2D eigenvalue weighted by Crippen LogP contribution is -2.49. The molecule has 0 saturated carbocycles. The van der Waals surface area contributed by atoms with E-state index in [1.807, 2.05) is 4.90 Å². The van der Waals surface area contributed by atoms with Crippen molar-refractivity contribution in [1.29, 1.82) is 0 Å². The van der Waals surface area contributed by atoms with Gasteiger partial charge in [-0.1, -0.05) is 20.3 Å². The Morgan fingerprint density at radius 2 is 1.89 bits per heavy atom. The van der Waals surface area contributed by atoms with Gasteiger partial charge < -0.3 is 10.6 Å². The minimum Gasteiger partial charge on any atom is -0.340 e. The first-order valence-corrected chi connectivity index (χ1v) is 7.37. The number of piperazine rings is 1. The maximum Gasteiger partial charge on any atom is 0.222 e. The summed E-state index contributed by atoms with van der Waals surface area (Å²) in [6.45, 7) is 10.1. The molecule has 1 aliphatic heterocycles. The molecule has 0 bridgehead atoms. The van der Waals surface area contributed by atoms with Gasteiger partial charge in [-0.2, -0.15) is 0 Å². The molecule has 106 valence electrons. The number of carbonyl (C=O) groups is 1. The van der Waals surface area contributed by atoms with Gasteiger partial charge in [0.2, 0.25) is 5.91 Å². The van der Waals surface area contributed by atoms with E-state index >= 15 is 0 Å². The Bertz CT molecular complexity index is 237. The third kappa shape index (κ3) is 5.36. The molecule has 0 aliphatic carbocycles. The minimum absolute atomic E-state index is 0.339. The number of hydrogen-bond acceptors (Lipinski definition) is 3. The number of rotatable bonds is 7. The molecule has 18 heavy (non-hydrogen) atoms. The van der Waals surface area contributed by atoms with Crippen molar-refractivity contribution in [1.82, 2.24) is 9.80 Å². The summed E-state index contributed by atoms with van der Waals surface area (Å²) >= 11 is 0. The molecule has 0 aromatic rings. The molecule has 0 aromatic heterocycles. The van der Waals surface area contributed by atoms with Crippen LogP contribution in [0.2, 0.25) is 0 Å². The van der Waals surface area contributed by atoms with E-state index in [9.17, 15) is 4.79 Å². The molecule has 0 spiro atoms. The molecule has 4 heteroatoms. The number of carbonyl (C=O) groups excluding carboxylic acids is 1. The number of hydrogen-bond donors (Lipinski definition) is 1. The van der Waals surface area contributed by atoms with Gasteiger partial charge in [-0.15, -0.1) is 0 Å². The van der Waals surface area contributed by atoms with Gasteiger partial charge in [0, 0.05) is 32.6 Å². The first kappa shape index (κ1) is 15.4. The van der Waals surface area contributed by atoms with Crippen LogP contribution >= 0.6 is 0 Å². The Morgan fingerprint density at radius 1 is 1.22 bits per heavy atom. The van der Waals surface area contributed by atoms with Crippen LogP contribution in [0, 0.1) is 5.92 Å². The van der Waals surface area contributed by atoms with Gasteiger partial charge in [0.25, 0.3) is 0 Å². The average molecular weight is 255 g/mol. The zero-order valence-corrected chi connectivity index (χ0v) is 12.0. The molecule has 4 nitrogen and oxygen atoms in total. The van der Waals surface area contributed by atoms with Gasteiger partial charge in [-0.3, -0.25) is 9.69 Å². The first-order valence-electron chi connectivity index (χ1n) is 7.37. The van der Waals surface area contributed by atoms with Crippen LogP contribution in [0.15, 0.2) is 0 Å². The standard InChI is InChI=1S/C14H29N3O/c1-3-13(2)12-14(18)17-10-8-16(9-11-17)7-5-4-6-15/h13H,3-12,15H2,1-2H3. The third-order valence-corrected chi connectivity index (χ3v) is 3.87. The Kier molecular flexibility index (Phi) is 7.28. The lowest BCUT2D eigenvalue weighted by molar-refractivity contribution is -0.133.